The van der Waals surface area contributed by atoms with Crippen LogP contribution in [0.15, 0.2) is 24.3 Å². The number of nitrogens with zero attached hydrogens (tertiary/aromatic N) is 1. The van der Waals surface area contributed by atoms with Crippen molar-refractivity contribution in [2.75, 3.05) is 19.8 Å². The summed E-state index contributed by atoms with van der Waals surface area (Å²) in [4.78, 5) is 47.8. The lowest BCUT2D eigenvalue weighted by Crippen LogP contribution is -2.63. The molecule has 0 fully saturated rings. The van der Waals surface area contributed by atoms with Crippen LogP contribution < -0.4 is 10.6 Å². The molecule has 30 heavy (non-hydrogen) atoms. The van der Waals surface area contributed by atoms with Crippen LogP contribution in [-0.2, 0) is 14.3 Å². The molecule has 1 aromatic rings. The summed E-state index contributed by atoms with van der Waals surface area (Å²) in [6.45, 7) is 4.76. The Morgan fingerprint density at radius 3 is 2.27 bits per heavy atom. The molecule has 0 saturated carbocycles. The van der Waals surface area contributed by atoms with Crippen LogP contribution >= 0.6 is 0 Å². The zero-order chi connectivity index (χ0) is 22.9. The number of amides is 2. The highest BCUT2D eigenvalue weighted by Crippen LogP contribution is 2.34. The number of carboxylic acids is 1. The van der Waals surface area contributed by atoms with Crippen LogP contribution in [0.3, 0.4) is 0 Å². The van der Waals surface area contributed by atoms with Crippen LogP contribution in [0.1, 0.15) is 38.7 Å². The number of carbonyl (C=O) groups excluding carboxylic acids is 2. The van der Waals surface area contributed by atoms with Crippen LogP contribution in [0.25, 0.3) is 0 Å². The van der Waals surface area contributed by atoms with Gasteiger partial charge in [0.1, 0.15) is 5.92 Å². The fourth-order valence-electron chi connectivity index (χ4n) is 2.92. The van der Waals surface area contributed by atoms with E-state index in [1.807, 2.05) is 13.8 Å². The van der Waals surface area contributed by atoms with E-state index in [1.54, 1.807) is 0 Å². The number of hydrogen-bond donors (Lipinski definition) is 4. The Balaban J connectivity index is 3.50. The SMILES string of the molecule is CCOC(=O)C(c1ccc([N+](=O)[O-])cc1)C(CCO)(NC(=O)NCC(C)C)C(=O)O. The van der Waals surface area contributed by atoms with Gasteiger partial charge in [0, 0.05) is 31.7 Å². The first-order valence-corrected chi connectivity index (χ1v) is 9.40. The number of hydrogen-bond acceptors (Lipinski definition) is 7. The molecule has 0 radical (unpaired) electrons. The molecule has 4 N–H and O–H groups in total. The zero-order valence-corrected chi connectivity index (χ0v) is 17.1. The van der Waals surface area contributed by atoms with Gasteiger partial charge in [0.2, 0.25) is 0 Å². The quantitative estimate of drug-likeness (QED) is 0.234. The normalized spacial score (nSPS) is 13.8. The summed E-state index contributed by atoms with van der Waals surface area (Å²) >= 11 is 0. The number of esters is 1. The first-order valence-electron chi connectivity index (χ1n) is 9.40. The zero-order valence-electron chi connectivity index (χ0n) is 17.1. The minimum Gasteiger partial charge on any atom is -0.479 e. The van der Waals surface area contributed by atoms with Gasteiger partial charge in [-0.25, -0.2) is 9.59 Å². The van der Waals surface area contributed by atoms with Gasteiger partial charge in [-0.15, -0.1) is 0 Å². The van der Waals surface area contributed by atoms with E-state index < -0.39 is 47.4 Å². The molecule has 11 heteroatoms. The molecule has 1 rings (SSSR count). The van der Waals surface area contributed by atoms with Crippen LogP contribution in [0, 0.1) is 16.0 Å². The molecule has 166 valence electrons. The number of aliphatic hydroxyl groups excluding tert-OH is 1. The largest absolute Gasteiger partial charge is 0.479 e. The molecular weight excluding hydrogens is 398 g/mol. The van der Waals surface area contributed by atoms with E-state index in [1.165, 1.54) is 19.1 Å². The van der Waals surface area contributed by atoms with Crippen molar-refractivity contribution in [1.82, 2.24) is 10.6 Å². The Bertz CT molecular complexity index is 766. The lowest BCUT2D eigenvalue weighted by atomic mass is 9.76. The van der Waals surface area contributed by atoms with Gasteiger partial charge in [0.05, 0.1) is 11.5 Å². The van der Waals surface area contributed by atoms with Crippen molar-refractivity contribution in [2.24, 2.45) is 5.92 Å². The van der Waals surface area contributed by atoms with Crippen molar-refractivity contribution in [2.45, 2.75) is 38.6 Å². The monoisotopic (exact) mass is 425 g/mol. The van der Waals surface area contributed by atoms with Crippen molar-refractivity contribution in [3.63, 3.8) is 0 Å². The van der Waals surface area contributed by atoms with Crippen molar-refractivity contribution < 1.29 is 34.3 Å². The van der Waals surface area contributed by atoms with E-state index in [2.05, 4.69) is 10.6 Å². The number of urea groups is 1. The Labute approximate surface area is 173 Å². The van der Waals surface area contributed by atoms with Gasteiger partial charge in [-0.3, -0.25) is 14.9 Å². The maximum Gasteiger partial charge on any atom is 0.330 e. The van der Waals surface area contributed by atoms with E-state index in [0.29, 0.717) is 0 Å². The molecular formula is C19H27N3O8. The topological polar surface area (TPSA) is 168 Å². The second-order valence-electron chi connectivity index (χ2n) is 7.01. The van der Waals surface area contributed by atoms with Crippen molar-refractivity contribution in [3.8, 4) is 0 Å². The number of aliphatic hydroxyl groups is 1. The molecule has 2 atom stereocenters. The maximum absolute atomic E-state index is 12.8. The fourth-order valence-corrected chi connectivity index (χ4v) is 2.92. The molecule has 0 aliphatic heterocycles. The lowest BCUT2D eigenvalue weighted by molar-refractivity contribution is -0.384. The third-order valence-corrected chi connectivity index (χ3v) is 4.35. The van der Waals surface area contributed by atoms with E-state index >= 15 is 0 Å². The van der Waals surface area contributed by atoms with Gasteiger partial charge < -0.3 is 25.6 Å². The molecule has 2 amide bonds. The minimum atomic E-state index is -2.25. The fraction of sp³-hybridized carbons (Fsp3) is 0.526. The first kappa shape index (κ1) is 24.8. The van der Waals surface area contributed by atoms with Crippen LogP contribution in [-0.4, -0.2) is 58.4 Å². The van der Waals surface area contributed by atoms with E-state index in [4.69, 9.17) is 4.74 Å². The standard InChI is InChI=1S/C19H27N3O8/c1-4-30-16(24)15(13-5-7-14(8-6-13)22(28)29)19(9-10-23,17(25)26)21-18(27)20-11-12(2)3/h5-8,12,15,23H,4,9-11H2,1-3H3,(H,25,26)(H2,20,21,27). The first-order chi connectivity index (χ1) is 14.1. The number of ether oxygens (including phenoxy) is 1. The highest BCUT2D eigenvalue weighted by Gasteiger charge is 2.52. The van der Waals surface area contributed by atoms with Crippen LogP contribution in [0.4, 0.5) is 10.5 Å². The molecule has 2 unspecified atom stereocenters. The molecule has 0 heterocycles. The van der Waals surface area contributed by atoms with Gasteiger partial charge >= 0.3 is 18.0 Å². The summed E-state index contributed by atoms with van der Waals surface area (Å²) < 4.78 is 5.03. The van der Waals surface area contributed by atoms with E-state index in [-0.39, 0.29) is 30.3 Å². The maximum atomic E-state index is 12.8. The highest BCUT2D eigenvalue weighted by atomic mass is 16.6. The molecule has 1 aromatic carbocycles. The number of benzene rings is 1. The molecule has 0 bridgehead atoms. The number of rotatable bonds is 11. The van der Waals surface area contributed by atoms with Gasteiger partial charge in [0.25, 0.3) is 5.69 Å². The summed E-state index contributed by atoms with van der Waals surface area (Å²) in [5, 5.41) is 35.3. The number of nitro benzene ring substituents is 1. The second kappa shape index (κ2) is 11.1. The summed E-state index contributed by atoms with van der Waals surface area (Å²) in [6, 6.07) is 3.85. The molecule has 0 aliphatic rings. The predicted molar refractivity (Wildman–Crippen MR) is 106 cm³/mol. The Hall–Kier alpha value is -3.21. The van der Waals surface area contributed by atoms with E-state index in [9.17, 15) is 34.7 Å². The Morgan fingerprint density at radius 1 is 1.23 bits per heavy atom. The van der Waals surface area contributed by atoms with Gasteiger partial charge in [-0.05, 0) is 18.4 Å². The lowest BCUT2D eigenvalue weighted by Gasteiger charge is -2.36. The smallest absolute Gasteiger partial charge is 0.330 e. The van der Waals surface area contributed by atoms with E-state index in [0.717, 1.165) is 12.1 Å². The Morgan fingerprint density at radius 2 is 1.83 bits per heavy atom. The van der Waals surface area contributed by atoms with Crippen molar-refractivity contribution in [3.05, 3.63) is 39.9 Å². The number of aliphatic carboxylic acids is 1. The molecule has 11 nitrogen and oxygen atoms in total. The number of nitrogens with one attached hydrogen (secondary N) is 2. The Kier molecular flexibility index (Phi) is 9.18. The van der Waals surface area contributed by atoms with Gasteiger partial charge in [0.15, 0.2) is 5.54 Å². The third kappa shape index (κ3) is 6.14. The summed E-state index contributed by atoms with van der Waals surface area (Å²) in [5.41, 5.74) is -2.43. The summed E-state index contributed by atoms with van der Waals surface area (Å²) in [7, 11) is 0. The van der Waals surface area contributed by atoms with Crippen molar-refractivity contribution in [1.29, 1.82) is 0 Å². The predicted octanol–water partition coefficient (Wildman–Crippen LogP) is 1.40. The molecule has 0 spiro atoms. The number of carbonyl (C=O) groups is 3. The molecule has 0 aliphatic carbocycles. The number of carboxylic acid groups (broad SMARTS) is 1. The van der Waals surface area contributed by atoms with Crippen LogP contribution in [0.5, 0.6) is 0 Å². The highest BCUT2D eigenvalue weighted by molar-refractivity contribution is 5.95. The minimum absolute atomic E-state index is 0.0588. The van der Waals surface area contributed by atoms with Crippen molar-refractivity contribution >= 4 is 23.7 Å². The van der Waals surface area contributed by atoms with Gasteiger partial charge in [-0.1, -0.05) is 26.0 Å². The molecule has 0 saturated heterocycles. The second-order valence-corrected chi connectivity index (χ2v) is 7.01. The number of nitro groups is 1. The number of non-ortho nitro benzene ring substituents is 1. The van der Waals surface area contributed by atoms with Crippen LogP contribution in [0.2, 0.25) is 0 Å². The summed E-state index contributed by atoms with van der Waals surface area (Å²) in [6.07, 6.45) is -0.502. The molecule has 0 aromatic heterocycles. The van der Waals surface area contributed by atoms with Gasteiger partial charge in [-0.2, -0.15) is 0 Å². The third-order valence-electron chi connectivity index (χ3n) is 4.35. The summed E-state index contributed by atoms with van der Waals surface area (Å²) in [5.74, 6) is -3.99. The average molecular weight is 425 g/mol. The average Bonchev–Trinajstić information content (AvgIpc) is 2.67.